The van der Waals surface area contributed by atoms with Crippen LogP contribution in [0.2, 0.25) is 0 Å². The molecule has 1 aromatic carbocycles. The summed E-state index contributed by atoms with van der Waals surface area (Å²) in [5.74, 6) is 1.25. The van der Waals surface area contributed by atoms with Crippen molar-refractivity contribution in [3.8, 4) is 11.4 Å². The number of imidazole rings is 1. The summed E-state index contributed by atoms with van der Waals surface area (Å²) in [5, 5.41) is 6.71. The lowest BCUT2D eigenvalue weighted by Crippen LogP contribution is -2.33. The van der Waals surface area contributed by atoms with E-state index in [0.29, 0.717) is 28.6 Å². The number of hydrogen-bond donors (Lipinski definition) is 1. The Bertz CT molecular complexity index is 1210. The summed E-state index contributed by atoms with van der Waals surface area (Å²) >= 11 is 0. The van der Waals surface area contributed by atoms with Crippen molar-refractivity contribution in [1.29, 1.82) is 0 Å². The van der Waals surface area contributed by atoms with Crippen LogP contribution in [-0.4, -0.2) is 25.2 Å². The van der Waals surface area contributed by atoms with Crippen LogP contribution in [0.4, 0.5) is 0 Å². The van der Waals surface area contributed by atoms with E-state index in [1.54, 1.807) is 36.0 Å². The lowest BCUT2D eigenvalue weighted by molar-refractivity contribution is -0.121. The first-order valence-electron chi connectivity index (χ1n) is 9.28. The second-order valence-corrected chi connectivity index (χ2v) is 7.03. The summed E-state index contributed by atoms with van der Waals surface area (Å²) in [6.45, 7) is 5.72. The topological polar surface area (TPSA) is 108 Å². The van der Waals surface area contributed by atoms with Crippen LogP contribution >= 0.6 is 0 Å². The zero-order valence-electron chi connectivity index (χ0n) is 16.4. The summed E-state index contributed by atoms with van der Waals surface area (Å²) in [7, 11) is 0. The highest BCUT2D eigenvalue weighted by molar-refractivity contribution is 5.84. The first-order valence-corrected chi connectivity index (χ1v) is 9.28. The number of benzene rings is 1. The van der Waals surface area contributed by atoms with E-state index in [-0.39, 0.29) is 30.7 Å². The Labute approximate surface area is 165 Å². The van der Waals surface area contributed by atoms with Crippen molar-refractivity contribution in [1.82, 2.24) is 24.6 Å². The Kier molecular flexibility index (Phi) is 4.79. The van der Waals surface area contributed by atoms with Gasteiger partial charge in [0.25, 0.3) is 0 Å². The Morgan fingerprint density at radius 3 is 2.72 bits per heavy atom. The number of aromatic nitrogens is 4. The van der Waals surface area contributed by atoms with E-state index < -0.39 is 0 Å². The zero-order valence-corrected chi connectivity index (χ0v) is 16.4. The molecule has 4 rings (SSSR count). The molecule has 1 amide bonds. The molecule has 0 bridgehead atoms. The minimum atomic E-state index is -0.285. The predicted molar refractivity (Wildman–Crippen MR) is 105 cm³/mol. The summed E-state index contributed by atoms with van der Waals surface area (Å²) in [5.41, 5.74) is 1.84. The molecule has 9 heteroatoms. The standard InChI is InChI=1S/C20H21N5O4/c1-12(2)25-16-7-6-14(19-22-13(3)29-23-19)9-17(16)24(20(25)27)11-18(26)21-10-15-5-4-8-28-15/h4-9,12H,10-11H2,1-3H3,(H,21,26). The fraction of sp³-hybridized carbons (Fsp3) is 0.300. The van der Waals surface area contributed by atoms with Crippen LogP contribution in [0.1, 0.15) is 31.5 Å². The summed E-state index contributed by atoms with van der Waals surface area (Å²) in [4.78, 5) is 29.7. The average molecular weight is 395 g/mol. The van der Waals surface area contributed by atoms with E-state index in [9.17, 15) is 9.59 Å². The summed E-state index contributed by atoms with van der Waals surface area (Å²) < 4.78 is 13.4. The van der Waals surface area contributed by atoms with Crippen LogP contribution < -0.4 is 11.0 Å². The van der Waals surface area contributed by atoms with Crippen molar-refractivity contribution >= 4 is 16.9 Å². The molecule has 9 nitrogen and oxygen atoms in total. The van der Waals surface area contributed by atoms with Crippen molar-refractivity contribution in [2.45, 2.75) is 39.9 Å². The molecule has 29 heavy (non-hydrogen) atoms. The maximum atomic E-state index is 13.0. The molecular weight excluding hydrogens is 374 g/mol. The number of carbonyl (C=O) groups excluding carboxylic acids is 1. The van der Waals surface area contributed by atoms with Crippen molar-refractivity contribution in [3.05, 3.63) is 58.7 Å². The number of fused-ring (bicyclic) bond motifs is 1. The highest BCUT2D eigenvalue weighted by atomic mass is 16.5. The minimum absolute atomic E-state index is 0.0595. The molecule has 0 radical (unpaired) electrons. The number of carbonyl (C=O) groups is 1. The van der Waals surface area contributed by atoms with Crippen LogP contribution in [0.5, 0.6) is 0 Å². The van der Waals surface area contributed by atoms with Gasteiger partial charge < -0.3 is 14.3 Å². The molecule has 0 saturated heterocycles. The highest BCUT2D eigenvalue weighted by Gasteiger charge is 2.19. The Balaban J connectivity index is 1.71. The number of aryl methyl sites for hydroxylation is 1. The van der Waals surface area contributed by atoms with Gasteiger partial charge in [0.2, 0.25) is 17.6 Å². The molecule has 0 atom stereocenters. The maximum Gasteiger partial charge on any atom is 0.329 e. The molecular formula is C20H21N5O4. The normalized spacial score (nSPS) is 11.4. The molecule has 0 aliphatic heterocycles. The smallest absolute Gasteiger partial charge is 0.329 e. The highest BCUT2D eigenvalue weighted by Crippen LogP contribution is 2.24. The number of furan rings is 1. The van der Waals surface area contributed by atoms with Gasteiger partial charge in [0.05, 0.1) is 23.8 Å². The third-order valence-electron chi connectivity index (χ3n) is 4.61. The predicted octanol–water partition coefficient (Wildman–Crippen LogP) is 2.65. The summed E-state index contributed by atoms with van der Waals surface area (Å²) in [6, 6.07) is 8.96. The van der Waals surface area contributed by atoms with E-state index in [2.05, 4.69) is 15.5 Å². The fourth-order valence-corrected chi connectivity index (χ4v) is 3.29. The number of hydrogen-bond acceptors (Lipinski definition) is 6. The van der Waals surface area contributed by atoms with Gasteiger partial charge >= 0.3 is 5.69 Å². The van der Waals surface area contributed by atoms with E-state index in [1.165, 1.54) is 4.57 Å². The van der Waals surface area contributed by atoms with Gasteiger partial charge in [0.1, 0.15) is 12.3 Å². The second-order valence-electron chi connectivity index (χ2n) is 7.03. The Morgan fingerprint density at radius 1 is 1.24 bits per heavy atom. The van der Waals surface area contributed by atoms with Crippen LogP contribution in [0.15, 0.2) is 50.3 Å². The molecule has 1 N–H and O–H groups in total. The molecule has 150 valence electrons. The van der Waals surface area contributed by atoms with Gasteiger partial charge in [-0.05, 0) is 44.2 Å². The van der Waals surface area contributed by atoms with E-state index in [0.717, 1.165) is 5.52 Å². The lowest BCUT2D eigenvalue weighted by atomic mass is 10.2. The number of nitrogens with zero attached hydrogens (tertiary/aromatic N) is 4. The van der Waals surface area contributed by atoms with Crippen molar-refractivity contribution in [3.63, 3.8) is 0 Å². The third-order valence-corrected chi connectivity index (χ3v) is 4.61. The monoisotopic (exact) mass is 395 g/mol. The quantitative estimate of drug-likeness (QED) is 0.538. The number of amides is 1. The van der Waals surface area contributed by atoms with Crippen molar-refractivity contribution in [2.75, 3.05) is 0 Å². The van der Waals surface area contributed by atoms with Gasteiger partial charge in [-0.25, -0.2) is 4.79 Å². The molecule has 0 unspecified atom stereocenters. The van der Waals surface area contributed by atoms with E-state index >= 15 is 0 Å². The lowest BCUT2D eigenvalue weighted by Gasteiger charge is -2.06. The van der Waals surface area contributed by atoms with E-state index in [1.807, 2.05) is 26.0 Å². The molecule has 3 aromatic heterocycles. The molecule has 3 heterocycles. The first-order chi connectivity index (χ1) is 13.9. The molecule has 0 fully saturated rings. The summed E-state index contributed by atoms with van der Waals surface area (Å²) in [6.07, 6.45) is 1.55. The van der Waals surface area contributed by atoms with Gasteiger partial charge in [0.15, 0.2) is 0 Å². The van der Waals surface area contributed by atoms with Crippen LogP contribution in [0, 0.1) is 6.92 Å². The molecule has 0 aliphatic carbocycles. The second kappa shape index (κ2) is 7.42. The molecule has 0 aliphatic rings. The van der Waals surface area contributed by atoms with Crippen molar-refractivity contribution in [2.24, 2.45) is 0 Å². The maximum absolute atomic E-state index is 13.0. The third kappa shape index (κ3) is 3.58. The largest absolute Gasteiger partial charge is 0.467 e. The minimum Gasteiger partial charge on any atom is -0.467 e. The van der Waals surface area contributed by atoms with Crippen LogP contribution in [0.3, 0.4) is 0 Å². The van der Waals surface area contributed by atoms with Gasteiger partial charge in [-0.3, -0.25) is 13.9 Å². The molecule has 0 saturated carbocycles. The van der Waals surface area contributed by atoms with Gasteiger partial charge in [-0.15, -0.1) is 0 Å². The fourth-order valence-electron chi connectivity index (χ4n) is 3.29. The number of rotatable bonds is 6. The van der Waals surface area contributed by atoms with Gasteiger partial charge in [0, 0.05) is 18.5 Å². The van der Waals surface area contributed by atoms with Gasteiger partial charge in [-0.2, -0.15) is 4.98 Å². The van der Waals surface area contributed by atoms with E-state index in [4.69, 9.17) is 8.94 Å². The average Bonchev–Trinajstić information content (AvgIpc) is 3.40. The molecule has 4 aromatic rings. The van der Waals surface area contributed by atoms with Crippen molar-refractivity contribution < 1.29 is 13.7 Å². The Morgan fingerprint density at radius 2 is 2.07 bits per heavy atom. The first kappa shape index (κ1) is 18.7. The van der Waals surface area contributed by atoms with Crippen LogP contribution in [0.25, 0.3) is 22.4 Å². The molecule has 0 spiro atoms. The SMILES string of the molecule is Cc1nc(-c2ccc3c(c2)n(CC(=O)NCc2ccco2)c(=O)n3C(C)C)no1. The van der Waals surface area contributed by atoms with Gasteiger partial charge in [-0.1, -0.05) is 5.16 Å². The van der Waals surface area contributed by atoms with Crippen LogP contribution in [-0.2, 0) is 17.9 Å². The zero-order chi connectivity index (χ0) is 20.5. The Hall–Kier alpha value is -3.62. The number of nitrogens with one attached hydrogen (secondary N) is 1.